The number of halogens is 2. The maximum absolute atomic E-state index is 6.06. The van der Waals surface area contributed by atoms with Gasteiger partial charge in [-0.3, -0.25) is 4.98 Å². The van der Waals surface area contributed by atoms with Crippen LogP contribution in [0.25, 0.3) is 0 Å². The number of aryl methyl sites for hydroxylation is 1. The van der Waals surface area contributed by atoms with Crippen LogP contribution in [0.4, 0.5) is 0 Å². The molecule has 0 amide bonds. The van der Waals surface area contributed by atoms with Gasteiger partial charge in [0.25, 0.3) is 0 Å². The fraction of sp³-hybridized carbons (Fsp3) is 0.214. The first-order valence-corrected chi connectivity index (χ1v) is 6.41. The zero-order valence-electron chi connectivity index (χ0n) is 10.2. The normalized spacial score (nSPS) is 12.4. The third kappa shape index (κ3) is 2.83. The summed E-state index contributed by atoms with van der Waals surface area (Å²) in [4.78, 5) is 4.22. The molecule has 1 atom stereocenters. The number of nitrogens with zero attached hydrogens (tertiary/aromatic N) is 1. The molecule has 0 aliphatic carbocycles. The SMILES string of the molecule is CNC(c1cncc(C)c1)c1ccc(Cl)c(Cl)c1. The summed E-state index contributed by atoms with van der Waals surface area (Å²) in [6, 6.07) is 7.83. The zero-order valence-corrected chi connectivity index (χ0v) is 11.8. The highest BCUT2D eigenvalue weighted by atomic mass is 35.5. The second-order valence-corrected chi connectivity index (χ2v) is 5.01. The Kier molecular flexibility index (Phi) is 4.23. The van der Waals surface area contributed by atoms with Gasteiger partial charge in [0.05, 0.1) is 16.1 Å². The Morgan fingerprint density at radius 2 is 1.83 bits per heavy atom. The second kappa shape index (κ2) is 5.70. The van der Waals surface area contributed by atoms with Gasteiger partial charge in [-0.1, -0.05) is 35.3 Å². The number of nitrogens with one attached hydrogen (secondary N) is 1. The molecule has 1 unspecified atom stereocenters. The van der Waals surface area contributed by atoms with Gasteiger partial charge in [0.1, 0.15) is 0 Å². The number of hydrogen-bond donors (Lipinski definition) is 1. The van der Waals surface area contributed by atoms with E-state index in [-0.39, 0.29) is 6.04 Å². The van der Waals surface area contributed by atoms with Crippen molar-refractivity contribution >= 4 is 23.2 Å². The first-order valence-electron chi connectivity index (χ1n) is 5.65. The molecule has 4 heteroatoms. The molecular weight excluding hydrogens is 267 g/mol. The molecule has 1 heterocycles. The zero-order chi connectivity index (χ0) is 13.1. The minimum absolute atomic E-state index is 0.0622. The minimum atomic E-state index is 0.0622. The Labute approximate surface area is 117 Å². The van der Waals surface area contributed by atoms with E-state index in [0.29, 0.717) is 10.0 Å². The minimum Gasteiger partial charge on any atom is -0.309 e. The van der Waals surface area contributed by atoms with Crippen molar-refractivity contribution in [3.05, 3.63) is 63.4 Å². The summed E-state index contributed by atoms with van der Waals surface area (Å²) >= 11 is 12.0. The summed E-state index contributed by atoms with van der Waals surface area (Å²) in [7, 11) is 1.91. The third-order valence-electron chi connectivity index (χ3n) is 2.80. The Balaban J connectivity index is 2.42. The van der Waals surface area contributed by atoms with Crippen LogP contribution in [0.5, 0.6) is 0 Å². The number of pyridine rings is 1. The van der Waals surface area contributed by atoms with Gasteiger partial charge in [-0.05, 0) is 42.8 Å². The predicted molar refractivity (Wildman–Crippen MR) is 76.3 cm³/mol. The molecule has 2 nitrogen and oxygen atoms in total. The highest BCUT2D eigenvalue weighted by Crippen LogP contribution is 2.28. The number of benzene rings is 1. The Morgan fingerprint density at radius 3 is 2.44 bits per heavy atom. The van der Waals surface area contributed by atoms with E-state index in [9.17, 15) is 0 Å². The molecular formula is C14H14Cl2N2. The van der Waals surface area contributed by atoms with Gasteiger partial charge in [-0.2, -0.15) is 0 Å². The molecule has 18 heavy (non-hydrogen) atoms. The quantitative estimate of drug-likeness (QED) is 0.919. The van der Waals surface area contributed by atoms with Gasteiger partial charge >= 0.3 is 0 Å². The standard InChI is InChI=1S/C14H14Cl2N2/c1-9-5-11(8-18-7-9)14(17-2)10-3-4-12(15)13(16)6-10/h3-8,14,17H,1-2H3. The molecule has 0 saturated heterocycles. The fourth-order valence-corrected chi connectivity index (χ4v) is 2.26. The van der Waals surface area contributed by atoms with E-state index >= 15 is 0 Å². The molecule has 0 aliphatic rings. The molecule has 1 aromatic heterocycles. The van der Waals surface area contributed by atoms with Crippen molar-refractivity contribution in [2.75, 3.05) is 7.05 Å². The van der Waals surface area contributed by atoms with Crippen LogP contribution in [0.1, 0.15) is 22.7 Å². The predicted octanol–water partition coefficient (Wildman–Crippen LogP) is 4.01. The van der Waals surface area contributed by atoms with Crippen LogP contribution in [0.15, 0.2) is 36.7 Å². The van der Waals surface area contributed by atoms with Gasteiger partial charge in [0, 0.05) is 12.4 Å². The van der Waals surface area contributed by atoms with Gasteiger partial charge in [0.2, 0.25) is 0 Å². The summed E-state index contributed by atoms with van der Waals surface area (Å²) < 4.78 is 0. The summed E-state index contributed by atoms with van der Waals surface area (Å²) in [5, 5.41) is 4.40. The highest BCUT2D eigenvalue weighted by molar-refractivity contribution is 6.42. The van der Waals surface area contributed by atoms with Crippen molar-refractivity contribution in [2.45, 2.75) is 13.0 Å². The van der Waals surface area contributed by atoms with E-state index in [1.165, 1.54) is 0 Å². The fourth-order valence-electron chi connectivity index (χ4n) is 1.95. The molecule has 94 valence electrons. The van der Waals surface area contributed by atoms with Crippen molar-refractivity contribution in [3.63, 3.8) is 0 Å². The summed E-state index contributed by atoms with van der Waals surface area (Å²) in [5.74, 6) is 0. The van der Waals surface area contributed by atoms with Crippen LogP contribution in [0.2, 0.25) is 10.0 Å². The highest BCUT2D eigenvalue weighted by Gasteiger charge is 2.13. The Hall–Kier alpha value is -1.09. The lowest BCUT2D eigenvalue weighted by molar-refractivity contribution is 0.688. The van der Waals surface area contributed by atoms with Crippen LogP contribution >= 0.6 is 23.2 Å². The lowest BCUT2D eigenvalue weighted by Crippen LogP contribution is -2.18. The molecule has 1 aromatic carbocycles. The first-order chi connectivity index (χ1) is 8.61. The van der Waals surface area contributed by atoms with Crippen molar-refractivity contribution in [1.82, 2.24) is 10.3 Å². The largest absolute Gasteiger partial charge is 0.309 e. The van der Waals surface area contributed by atoms with Gasteiger partial charge in [0.15, 0.2) is 0 Å². The Bertz CT molecular complexity index is 555. The molecule has 0 fully saturated rings. The van der Waals surface area contributed by atoms with E-state index in [0.717, 1.165) is 16.7 Å². The van der Waals surface area contributed by atoms with Crippen molar-refractivity contribution in [3.8, 4) is 0 Å². The molecule has 2 aromatic rings. The van der Waals surface area contributed by atoms with Crippen LogP contribution in [-0.2, 0) is 0 Å². The monoisotopic (exact) mass is 280 g/mol. The average molecular weight is 281 g/mol. The molecule has 2 rings (SSSR count). The maximum atomic E-state index is 6.06. The van der Waals surface area contributed by atoms with Crippen molar-refractivity contribution in [1.29, 1.82) is 0 Å². The first kappa shape index (κ1) is 13.3. The smallest absolute Gasteiger partial charge is 0.0595 e. The number of rotatable bonds is 3. The molecule has 0 aliphatic heterocycles. The number of hydrogen-bond acceptors (Lipinski definition) is 2. The topological polar surface area (TPSA) is 24.9 Å². The average Bonchev–Trinajstić information content (AvgIpc) is 2.35. The molecule has 0 saturated carbocycles. The van der Waals surface area contributed by atoms with Crippen molar-refractivity contribution in [2.24, 2.45) is 0 Å². The van der Waals surface area contributed by atoms with E-state index in [4.69, 9.17) is 23.2 Å². The molecule has 0 radical (unpaired) electrons. The van der Waals surface area contributed by atoms with Crippen LogP contribution < -0.4 is 5.32 Å². The maximum Gasteiger partial charge on any atom is 0.0595 e. The lowest BCUT2D eigenvalue weighted by Gasteiger charge is -2.17. The molecule has 1 N–H and O–H groups in total. The van der Waals surface area contributed by atoms with E-state index in [1.807, 2.05) is 44.6 Å². The summed E-state index contributed by atoms with van der Waals surface area (Å²) in [5.41, 5.74) is 3.31. The van der Waals surface area contributed by atoms with Gasteiger partial charge in [-0.25, -0.2) is 0 Å². The second-order valence-electron chi connectivity index (χ2n) is 4.19. The van der Waals surface area contributed by atoms with Crippen LogP contribution in [0, 0.1) is 6.92 Å². The summed E-state index contributed by atoms with van der Waals surface area (Å²) in [6.07, 6.45) is 3.70. The van der Waals surface area contributed by atoms with Gasteiger partial charge in [-0.15, -0.1) is 0 Å². The Morgan fingerprint density at radius 1 is 1.06 bits per heavy atom. The van der Waals surface area contributed by atoms with E-state index < -0.39 is 0 Å². The van der Waals surface area contributed by atoms with Crippen molar-refractivity contribution < 1.29 is 0 Å². The van der Waals surface area contributed by atoms with Gasteiger partial charge < -0.3 is 5.32 Å². The van der Waals surface area contributed by atoms with E-state index in [2.05, 4.69) is 16.4 Å². The van der Waals surface area contributed by atoms with Crippen LogP contribution in [-0.4, -0.2) is 12.0 Å². The number of aromatic nitrogens is 1. The molecule has 0 bridgehead atoms. The molecule has 0 spiro atoms. The van der Waals surface area contributed by atoms with E-state index in [1.54, 1.807) is 0 Å². The lowest BCUT2D eigenvalue weighted by atomic mass is 9.99. The summed E-state index contributed by atoms with van der Waals surface area (Å²) in [6.45, 7) is 2.03. The van der Waals surface area contributed by atoms with Crippen LogP contribution in [0.3, 0.4) is 0 Å². The third-order valence-corrected chi connectivity index (χ3v) is 3.53.